The molecule has 0 spiro atoms. The lowest BCUT2D eigenvalue weighted by Gasteiger charge is -2.09. The number of aromatic nitrogens is 2. The van der Waals surface area contributed by atoms with Crippen molar-refractivity contribution >= 4 is 10.1 Å². The average molecular weight is 246 g/mol. The van der Waals surface area contributed by atoms with E-state index in [-0.39, 0.29) is 0 Å². The van der Waals surface area contributed by atoms with E-state index in [9.17, 15) is 8.42 Å². The van der Waals surface area contributed by atoms with Gasteiger partial charge < -0.3 is 4.74 Å². The first kappa shape index (κ1) is 12.9. The van der Waals surface area contributed by atoms with Crippen molar-refractivity contribution in [3.8, 4) is 5.88 Å². The largest absolute Gasteiger partial charge is 0.481 e. The van der Waals surface area contributed by atoms with Gasteiger partial charge in [-0.25, -0.2) is 9.97 Å². The van der Waals surface area contributed by atoms with E-state index in [0.717, 1.165) is 5.56 Å². The predicted molar refractivity (Wildman–Crippen MR) is 57.9 cm³/mol. The lowest BCUT2D eigenvalue weighted by Crippen LogP contribution is -2.17. The van der Waals surface area contributed by atoms with Gasteiger partial charge in [-0.15, -0.1) is 0 Å². The van der Waals surface area contributed by atoms with Crippen molar-refractivity contribution in [3.63, 3.8) is 0 Å². The van der Waals surface area contributed by atoms with Gasteiger partial charge >= 0.3 is 0 Å². The predicted octanol–water partition coefficient (Wildman–Crippen LogP) is 0.694. The fourth-order valence-corrected chi connectivity index (χ4v) is 1.63. The third-order valence-electron chi connectivity index (χ3n) is 2.27. The summed E-state index contributed by atoms with van der Waals surface area (Å²) in [5.41, 5.74) is 0.723. The van der Waals surface area contributed by atoms with E-state index >= 15 is 0 Å². The minimum absolute atomic E-state index is 0.294. The Hall–Kier alpha value is -1.21. The van der Waals surface area contributed by atoms with Crippen LogP contribution < -0.4 is 4.74 Å². The Labute approximate surface area is 94.4 Å². The van der Waals surface area contributed by atoms with Crippen LogP contribution in [0.5, 0.6) is 5.88 Å². The first-order chi connectivity index (χ1) is 7.45. The Morgan fingerprint density at radius 2 is 2.25 bits per heavy atom. The third-order valence-corrected chi connectivity index (χ3v) is 3.52. The molecule has 0 aliphatic rings. The molecule has 0 aliphatic heterocycles. The first-order valence-electron chi connectivity index (χ1n) is 4.74. The molecule has 1 N–H and O–H groups in total. The van der Waals surface area contributed by atoms with Gasteiger partial charge in [-0.1, -0.05) is 0 Å². The van der Waals surface area contributed by atoms with Gasteiger partial charge in [-0.05, 0) is 19.8 Å². The van der Waals surface area contributed by atoms with Crippen LogP contribution >= 0.6 is 0 Å². The van der Waals surface area contributed by atoms with Crippen LogP contribution in [0.4, 0.5) is 0 Å². The van der Waals surface area contributed by atoms with Crippen molar-refractivity contribution in [2.45, 2.75) is 25.0 Å². The maximum absolute atomic E-state index is 10.8. The standard InChI is InChI=1S/C9H14N2O4S/c1-7(16(12,13)14)3-4-8-5-10-6-11-9(8)15-2/h5-7H,3-4H2,1-2H3,(H,12,13,14). The summed E-state index contributed by atoms with van der Waals surface area (Å²) in [5.74, 6) is 0.428. The molecule has 1 atom stereocenters. The minimum Gasteiger partial charge on any atom is -0.481 e. The monoisotopic (exact) mass is 246 g/mol. The lowest BCUT2D eigenvalue weighted by molar-refractivity contribution is 0.390. The van der Waals surface area contributed by atoms with Gasteiger partial charge in [-0.2, -0.15) is 8.42 Å². The second-order valence-corrected chi connectivity index (χ2v) is 5.26. The summed E-state index contributed by atoms with van der Waals surface area (Å²) >= 11 is 0. The molecule has 7 heteroatoms. The molecular weight excluding hydrogens is 232 g/mol. The van der Waals surface area contributed by atoms with Crippen molar-refractivity contribution in [3.05, 3.63) is 18.1 Å². The summed E-state index contributed by atoms with van der Waals surface area (Å²) in [4.78, 5) is 7.72. The van der Waals surface area contributed by atoms with Crippen LogP contribution in [-0.4, -0.2) is 35.3 Å². The molecule has 0 saturated heterocycles. The van der Waals surface area contributed by atoms with Crippen LogP contribution in [0.15, 0.2) is 12.5 Å². The lowest BCUT2D eigenvalue weighted by atomic mass is 10.1. The molecule has 0 bridgehead atoms. The Kier molecular flexibility index (Phi) is 4.19. The highest BCUT2D eigenvalue weighted by molar-refractivity contribution is 7.86. The number of methoxy groups -OCH3 is 1. The Morgan fingerprint density at radius 3 is 2.81 bits per heavy atom. The highest BCUT2D eigenvalue weighted by atomic mass is 32.2. The summed E-state index contributed by atoms with van der Waals surface area (Å²) in [6.45, 7) is 1.45. The average Bonchev–Trinajstić information content (AvgIpc) is 2.24. The zero-order valence-corrected chi connectivity index (χ0v) is 9.94. The highest BCUT2D eigenvalue weighted by Crippen LogP contribution is 2.16. The third kappa shape index (κ3) is 3.42. The summed E-state index contributed by atoms with van der Waals surface area (Å²) in [6.07, 6.45) is 3.66. The molecule has 0 aromatic carbocycles. The molecule has 0 amide bonds. The first-order valence-corrected chi connectivity index (χ1v) is 6.24. The number of nitrogens with zero attached hydrogens (tertiary/aromatic N) is 2. The van der Waals surface area contributed by atoms with Crippen LogP contribution in [0.3, 0.4) is 0 Å². The van der Waals surface area contributed by atoms with E-state index in [1.54, 1.807) is 6.20 Å². The number of ether oxygens (including phenoxy) is 1. The Bertz CT molecular complexity index is 447. The summed E-state index contributed by atoms with van der Waals surface area (Å²) in [7, 11) is -2.49. The number of aryl methyl sites for hydroxylation is 1. The smallest absolute Gasteiger partial charge is 0.267 e. The summed E-state index contributed by atoms with van der Waals surface area (Å²) in [5, 5.41) is -0.808. The van der Waals surface area contributed by atoms with Gasteiger partial charge in [-0.3, -0.25) is 4.55 Å². The topological polar surface area (TPSA) is 89.4 Å². The minimum atomic E-state index is -3.97. The fraction of sp³-hybridized carbons (Fsp3) is 0.556. The molecule has 1 rings (SSSR count). The molecule has 0 aliphatic carbocycles. The van der Waals surface area contributed by atoms with E-state index in [4.69, 9.17) is 9.29 Å². The zero-order valence-electron chi connectivity index (χ0n) is 9.12. The maximum atomic E-state index is 10.8. The molecule has 0 radical (unpaired) electrons. The van der Waals surface area contributed by atoms with Crippen LogP contribution in [-0.2, 0) is 16.5 Å². The number of hydrogen-bond donors (Lipinski definition) is 1. The molecule has 0 fully saturated rings. The van der Waals surface area contributed by atoms with Crippen molar-refractivity contribution < 1.29 is 17.7 Å². The van der Waals surface area contributed by atoms with Crippen LogP contribution in [0.2, 0.25) is 0 Å². The molecule has 0 saturated carbocycles. The molecule has 1 aromatic heterocycles. The molecular formula is C9H14N2O4S. The Morgan fingerprint density at radius 1 is 1.56 bits per heavy atom. The van der Waals surface area contributed by atoms with E-state index in [1.165, 1.54) is 20.4 Å². The van der Waals surface area contributed by atoms with E-state index in [2.05, 4.69) is 9.97 Å². The zero-order chi connectivity index (χ0) is 12.2. The molecule has 90 valence electrons. The molecule has 6 nitrogen and oxygen atoms in total. The van der Waals surface area contributed by atoms with Gasteiger partial charge in [0.1, 0.15) is 6.33 Å². The van der Waals surface area contributed by atoms with Crippen molar-refractivity contribution in [2.24, 2.45) is 0 Å². The van der Waals surface area contributed by atoms with E-state index in [1.807, 2.05) is 0 Å². The normalized spacial score (nSPS) is 13.4. The number of hydrogen-bond acceptors (Lipinski definition) is 5. The van der Waals surface area contributed by atoms with Crippen LogP contribution in [0.1, 0.15) is 18.9 Å². The molecule has 1 heterocycles. The quantitative estimate of drug-likeness (QED) is 0.769. The van der Waals surface area contributed by atoms with Crippen molar-refractivity contribution in [1.29, 1.82) is 0 Å². The van der Waals surface area contributed by atoms with E-state index in [0.29, 0.717) is 18.7 Å². The molecule has 1 aromatic rings. The van der Waals surface area contributed by atoms with E-state index < -0.39 is 15.4 Å². The Balaban J connectivity index is 2.68. The van der Waals surface area contributed by atoms with Gasteiger partial charge in [0.05, 0.1) is 12.4 Å². The van der Waals surface area contributed by atoms with Gasteiger partial charge in [0.25, 0.3) is 10.1 Å². The SMILES string of the molecule is COc1ncncc1CCC(C)S(=O)(=O)O. The van der Waals surface area contributed by atoms with Crippen LogP contribution in [0.25, 0.3) is 0 Å². The molecule has 1 unspecified atom stereocenters. The highest BCUT2D eigenvalue weighted by Gasteiger charge is 2.17. The second-order valence-electron chi connectivity index (χ2n) is 3.42. The fourth-order valence-electron chi connectivity index (χ4n) is 1.21. The summed E-state index contributed by atoms with van der Waals surface area (Å²) in [6, 6.07) is 0. The van der Waals surface area contributed by atoms with Crippen molar-refractivity contribution in [1.82, 2.24) is 9.97 Å². The van der Waals surface area contributed by atoms with Gasteiger partial charge in [0.2, 0.25) is 5.88 Å². The second kappa shape index (κ2) is 5.22. The number of rotatable bonds is 5. The summed E-state index contributed by atoms with van der Waals surface area (Å²) < 4.78 is 35.4. The van der Waals surface area contributed by atoms with Gasteiger partial charge in [0.15, 0.2) is 0 Å². The van der Waals surface area contributed by atoms with Crippen molar-refractivity contribution in [2.75, 3.05) is 7.11 Å². The maximum Gasteiger partial charge on any atom is 0.267 e. The van der Waals surface area contributed by atoms with Gasteiger partial charge in [0, 0.05) is 11.8 Å². The molecule has 16 heavy (non-hydrogen) atoms. The van der Waals surface area contributed by atoms with Crippen LogP contribution in [0, 0.1) is 0 Å².